The Morgan fingerprint density at radius 1 is 1.07 bits per heavy atom. The van der Waals surface area contributed by atoms with Crippen molar-refractivity contribution < 1.29 is 23.1 Å². The van der Waals surface area contributed by atoms with Crippen molar-refractivity contribution in [3.63, 3.8) is 0 Å². The van der Waals surface area contributed by atoms with E-state index >= 15 is 0 Å². The molecule has 1 aliphatic rings. The molecule has 0 unspecified atom stereocenters. The van der Waals surface area contributed by atoms with Crippen LogP contribution in [0.25, 0.3) is 16.9 Å². The number of fused-ring (bicyclic) bond motifs is 1. The van der Waals surface area contributed by atoms with Crippen molar-refractivity contribution in [2.75, 3.05) is 45.2 Å². The smallest absolute Gasteiger partial charge is 0.317 e. The number of imidazole rings is 1. The summed E-state index contributed by atoms with van der Waals surface area (Å²) in [5.41, 5.74) is 8.35. The summed E-state index contributed by atoms with van der Waals surface area (Å²) in [7, 11) is 1.27. The number of piperazine rings is 1. The molecule has 1 saturated heterocycles. The fraction of sp³-hybridized carbons (Fsp3) is 0.310. The van der Waals surface area contributed by atoms with E-state index in [1.807, 2.05) is 19.9 Å². The Bertz CT molecular complexity index is 1640. The maximum Gasteiger partial charge on any atom is 0.317 e. The first-order chi connectivity index (χ1) is 20.2. The molecule has 11 nitrogen and oxygen atoms in total. The molecule has 2 aromatic heterocycles. The average molecular weight is 615 g/mol. The predicted molar refractivity (Wildman–Crippen MR) is 161 cm³/mol. The Labute approximate surface area is 253 Å². The fourth-order valence-corrected chi connectivity index (χ4v) is 4.86. The Hall–Kier alpha value is -4.49. The molecule has 0 bridgehead atoms. The van der Waals surface area contributed by atoms with Crippen molar-refractivity contribution in [1.29, 1.82) is 0 Å². The molecule has 1 atom stereocenters. The lowest BCUT2D eigenvalue weighted by molar-refractivity contribution is 0.0663. The minimum absolute atomic E-state index is 0. The number of rotatable bonds is 7. The minimum Gasteiger partial charge on any atom is -0.494 e. The summed E-state index contributed by atoms with van der Waals surface area (Å²) in [5.74, 6) is -2.01. The molecule has 4 aromatic rings. The second-order valence-corrected chi connectivity index (χ2v) is 10.1. The number of aromatic nitrogens is 3. The number of carbonyl (C=O) groups excluding carboxylic acids is 2. The van der Waals surface area contributed by atoms with Gasteiger partial charge in [0, 0.05) is 68.0 Å². The summed E-state index contributed by atoms with van der Waals surface area (Å²) in [6.45, 7) is 5.76. The highest BCUT2D eigenvalue weighted by atomic mass is 35.5. The Morgan fingerprint density at radius 3 is 2.47 bits per heavy atom. The summed E-state index contributed by atoms with van der Waals surface area (Å²) >= 11 is 0. The summed E-state index contributed by atoms with van der Waals surface area (Å²) in [5, 5.41) is 6.06. The van der Waals surface area contributed by atoms with E-state index in [1.54, 1.807) is 32.5 Å². The molecular formula is C29H33ClF2N8O3. The van der Waals surface area contributed by atoms with Gasteiger partial charge in [-0.05, 0) is 49.7 Å². The van der Waals surface area contributed by atoms with Gasteiger partial charge < -0.3 is 30.9 Å². The minimum atomic E-state index is -1.08. The van der Waals surface area contributed by atoms with Gasteiger partial charge in [-0.2, -0.15) is 4.39 Å². The lowest BCUT2D eigenvalue weighted by Gasteiger charge is -2.35. The van der Waals surface area contributed by atoms with Gasteiger partial charge in [0.2, 0.25) is 5.82 Å². The summed E-state index contributed by atoms with van der Waals surface area (Å²) in [6, 6.07) is 7.84. The SMILES string of the molecule is COc1ccc(-c2cnc3c(Nc4ccc(C(=O)N5CCN(C(=O)N[C@@H](C)CN)CC5)c(C)c4)nccn23)c(F)c1F.Cl. The van der Waals surface area contributed by atoms with Gasteiger partial charge in [0.25, 0.3) is 5.91 Å². The normalized spacial score (nSPS) is 13.8. The van der Waals surface area contributed by atoms with E-state index in [2.05, 4.69) is 20.6 Å². The number of anilines is 2. The molecule has 14 heteroatoms. The zero-order chi connectivity index (χ0) is 30.0. The molecule has 228 valence electrons. The fourth-order valence-electron chi connectivity index (χ4n) is 4.86. The van der Waals surface area contributed by atoms with Crippen LogP contribution < -0.4 is 21.1 Å². The van der Waals surface area contributed by atoms with Crippen molar-refractivity contribution in [3.8, 4) is 17.0 Å². The van der Waals surface area contributed by atoms with E-state index < -0.39 is 11.6 Å². The van der Waals surface area contributed by atoms with E-state index in [4.69, 9.17) is 10.5 Å². The third-order valence-corrected chi connectivity index (χ3v) is 7.27. The largest absolute Gasteiger partial charge is 0.494 e. The van der Waals surface area contributed by atoms with Crippen LogP contribution in [-0.2, 0) is 0 Å². The second-order valence-electron chi connectivity index (χ2n) is 10.1. The molecule has 1 aliphatic heterocycles. The van der Waals surface area contributed by atoms with E-state index in [1.165, 1.54) is 31.6 Å². The van der Waals surface area contributed by atoms with Crippen LogP contribution in [0, 0.1) is 18.6 Å². The van der Waals surface area contributed by atoms with Crippen LogP contribution in [0.4, 0.5) is 25.1 Å². The average Bonchev–Trinajstić information content (AvgIpc) is 3.43. The number of hydrogen-bond donors (Lipinski definition) is 3. The molecule has 4 N–H and O–H groups in total. The van der Waals surface area contributed by atoms with Crippen molar-refractivity contribution in [2.45, 2.75) is 19.9 Å². The van der Waals surface area contributed by atoms with Crippen LogP contribution in [0.1, 0.15) is 22.8 Å². The number of aryl methyl sites for hydroxylation is 1. The van der Waals surface area contributed by atoms with E-state index in [0.29, 0.717) is 61.1 Å². The Balaban J connectivity index is 0.00000423. The summed E-state index contributed by atoms with van der Waals surface area (Å²) in [6.07, 6.45) is 4.58. The number of halogens is 3. The van der Waals surface area contributed by atoms with Crippen LogP contribution in [0.3, 0.4) is 0 Å². The monoisotopic (exact) mass is 614 g/mol. The third kappa shape index (κ3) is 6.32. The number of urea groups is 1. The van der Waals surface area contributed by atoms with E-state index in [0.717, 1.165) is 5.56 Å². The van der Waals surface area contributed by atoms with Gasteiger partial charge in [0.1, 0.15) is 0 Å². The van der Waals surface area contributed by atoms with Gasteiger partial charge in [-0.25, -0.2) is 19.2 Å². The molecule has 3 heterocycles. The van der Waals surface area contributed by atoms with Crippen molar-refractivity contribution in [1.82, 2.24) is 29.5 Å². The van der Waals surface area contributed by atoms with Crippen LogP contribution in [0.2, 0.25) is 0 Å². The highest BCUT2D eigenvalue weighted by molar-refractivity contribution is 5.96. The number of nitrogens with zero attached hydrogens (tertiary/aromatic N) is 5. The maximum absolute atomic E-state index is 14.8. The second kappa shape index (κ2) is 13.2. The number of nitrogens with two attached hydrogens (primary N) is 1. The predicted octanol–water partition coefficient (Wildman–Crippen LogP) is 3.97. The first kappa shape index (κ1) is 31.4. The quantitative estimate of drug-likeness (QED) is 0.287. The van der Waals surface area contributed by atoms with Crippen molar-refractivity contribution >= 4 is 41.5 Å². The molecule has 5 rings (SSSR count). The zero-order valence-corrected chi connectivity index (χ0v) is 24.8. The first-order valence-corrected chi connectivity index (χ1v) is 13.5. The molecule has 3 amide bonds. The van der Waals surface area contributed by atoms with Gasteiger partial charge in [0.15, 0.2) is 23.0 Å². The van der Waals surface area contributed by atoms with Crippen LogP contribution in [0.15, 0.2) is 48.9 Å². The molecule has 0 aliphatic carbocycles. The van der Waals surface area contributed by atoms with Crippen LogP contribution in [0.5, 0.6) is 5.75 Å². The van der Waals surface area contributed by atoms with Crippen LogP contribution >= 0.6 is 12.4 Å². The van der Waals surface area contributed by atoms with Gasteiger partial charge in [-0.1, -0.05) is 0 Å². The number of benzene rings is 2. The molecular weight excluding hydrogens is 582 g/mol. The molecule has 0 spiro atoms. The molecule has 43 heavy (non-hydrogen) atoms. The maximum atomic E-state index is 14.8. The van der Waals surface area contributed by atoms with Gasteiger partial charge in [-0.3, -0.25) is 9.20 Å². The molecule has 0 saturated carbocycles. The molecule has 0 radical (unpaired) electrons. The highest BCUT2D eigenvalue weighted by Gasteiger charge is 2.26. The number of amides is 3. The van der Waals surface area contributed by atoms with Gasteiger partial charge >= 0.3 is 6.03 Å². The summed E-state index contributed by atoms with van der Waals surface area (Å²) in [4.78, 5) is 37.8. The van der Waals surface area contributed by atoms with E-state index in [9.17, 15) is 18.4 Å². The number of methoxy groups -OCH3 is 1. The lowest BCUT2D eigenvalue weighted by atomic mass is 10.1. The van der Waals surface area contributed by atoms with Gasteiger partial charge in [-0.15, -0.1) is 12.4 Å². The summed E-state index contributed by atoms with van der Waals surface area (Å²) < 4.78 is 35.6. The van der Waals surface area contributed by atoms with Gasteiger partial charge in [0.05, 0.1) is 19.0 Å². The first-order valence-electron chi connectivity index (χ1n) is 13.5. The number of nitrogens with one attached hydrogen (secondary N) is 2. The zero-order valence-electron chi connectivity index (χ0n) is 23.9. The standard InChI is InChI=1S/C29H32F2N8O3.ClH/c1-17-14-19(4-5-20(17)28(40)37-10-12-38(13-11-37)29(41)35-18(2)15-32)36-26-27-34-16-22(39(27)9-8-33-26)21-6-7-23(42-3)25(31)24(21)30;/h4-9,14,16,18H,10-13,15,32H2,1-3H3,(H,33,36)(H,35,41);1H/t18-;/m0./s1. The topological polar surface area (TPSA) is 130 Å². The van der Waals surface area contributed by atoms with Crippen molar-refractivity contribution in [3.05, 3.63) is 71.7 Å². The molecule has 1 fully saturated rings. The van der Waals surface area contributed by atoms with Crippen molar-refractivity contribution in [2.24, 2.45) is 5.73 Å². The van der Waals surface area contributed by atoms with Crippen LogP contribution in [-0.4, -0.2) is 82.0 Å². The number of ether oxygens (including phenoxy) is 1. The number of hydrogen-bond acceptors (Lipinski definition) is 7. The number of carbonyl (C=O) groups is 2. The van der Waals surface area contributed by atoms with E-state index in [-0.39, 0.29) is 41.7 Å². The Morgan fingerprint density at radius 2 is 1.79 bits per heavy atom. The molecule has 2 aromatic carbocycles. The lowest BCUT2D eigenvalue weighted by Crippen LogP contribution is -2.55. The highest BCUT2D eigenvalue weighted by Crippen LogP contribution is 2.31. The third-order valence-electron chi connectivity index (χ3n) is 7.27. The Kier molecular flexibility index (Phi) is 9.66.